The third-order valence-electron chi connectivity index (χ3n) is 2.69. The topological polar surface area (TPSA) is 57.3 Å². The SMILES string of the molecule is CCNc1ccc(C(=O)NCCCCN(C)C)nc1. The molecule has 0 spiro atoms. The van der Waals surface area contributed by atoms with E-state index in [0.717, 1.165) is 31.6 Å². The van der Waals surface area contributed by atoms with Gasteiger partial charge in [-0.05, 0) is 52.5 Å². The fraction of sp³-hybridized carbons (Fsp3) is 0.571. The Hall–Kier alpha value is -1.62. The second kappa shape index (κ2) is 8.48. The van der Waals surface area contributed by atoms with Crippen molar-refractivity contribution in [1.82, 2.24) is 15.2 Å². The number of nitrogens with one attached hydrogen (secondary N) is 2. The lowest BCUT2D eigenvalue weighted by molar-refractivity contribution is 0.0948. The van der Waals surface area contributed by atoms with Crippen LogP contribution in [0.15, 0.2) is 18.3 Å². The van der Waals surface area contributed by atoms with Gasteiger partial charge in [-0.15, -0.1) is 0 Å². The Balaban J connectivity index is 2.29. The van der Waals surface area contributed by atoms with E-state index in [2.05, 4.69) is 20.5 Å². The molecule has 0 aliphatic heterocycles. The molecule has 0 aliphatic rings. The van der Waals surface area contributed by atoms with Crippen LogP contribution in [0.4, 0.5) is 5.69 Å². The number of unbranched alkanes of at least 4 members (excludes halogenated alkanes) is 1. The van der Waals surface area contributed by atoms with Crippen LogP contribution >= 0.6 is 0 Å². The predicted molar refractivity (Wildman–Crippen MR) is 78.5 cm³/mol. The number of hydrogen-bond acceptors (Lipinski definition) is 4. The molecule has 0 atom stereocenters. The molecule has 1 rings (SSSR count). The first-order valence-electron chi connectivity index (χ1n) is 6.76. The van der Waals surface area contributed by atoms with Crippen LogP contribution in [-0.4, -0.2) is 49.5 Å². The summed E-state index contributed by atoms with van der Waals surface area (Å²) in [5.41, 5.74) is 1.40. The summed E-state index contributed by atoms with van der Waals surface area (Å²) in [5, 5.41) is 6.03. The maximum Gasteiger partial charge on any atom is 0.269 e. The van der Waals surface area contributed by atoms with E-state index in [1.54, 1.807) is 12.3 Å². The summed E-state index contributed by atoms with van der Waals surface area (Å²) in [5.74, 6) is -0.104. The van der Waals surface area contributed by atoms with Crippen LogP contribution in [0, 0.1) is 0 Å². The molecule has 1 heterocycles. The second-order valence-electron chi connectivity index (χ2n) is 4.73. The van der Waals surface area contributed by atoms with Crippen molar-refractivity contribution in [2.24, 2.45) is 0 Å². The zero-order chi connectivity index (χ0) is 14.1. The molecule has 0 fully saturated rings. The van der Waals surface area contributed by atoms with E-state index >= 15 is 0 Å². The Bertz CT molecular complexity index is 376. The third-order valence-corrected chi connectivity index (χ3v) is 2.69. The number of carbonyl (C=O) groups is 1. The lowest BCUT2D eigenvalue weighted by Crippen LogP contribution is -2.26. The maximum absolute atomic E-state index is 11.8. The Labute approximate surface area is 115 Å². The minimum absolute atomic E-state index is 0.104. The summed E-state index contributed by atoms with van der Waals surface area (Å²) < 4.78 is 0. The van der Waals surface area contributed by atoms with Gasteiger partial charge in [0.15, 0.2) is 0 Å². The number of rotatable bonds is 8. The highest BCUT2D eigenvalue weighted by Crippen LogP contribution is 2.05. The normalized spacial score (nSPS) is 10.5. The van der Waals surface area contributed by atoms with Crippen molar-refractivity contribution in [3.63, 3.8) is 0 Å². The molecule has 0 unspecified atom stereocenters. The van der Waals surface area contributed by atoms with Gasteiger partial charge in [0.05, 0.1) is 11.9 Å². The summed E-state index contributed by atoms with van der Waals surface area (Å²) >= 11 is 0. The van der Waals surface area contributed by atoms with Crippen LogP contribution in [0.5, 0.6) is 0 Å². The lowest BCUT2D eigenvalue weighted by atomic mass is 10.2. The van der Waals surface area contributed by atoms with E-state index in [4.69, 9.17) is 0 Å². The van der Waals surface area contributed by atoms with Crippen molar-refractivity contribution in [3.8, 4) is 0 Å². The Morgan fingerprint density at radius 3 is 2.68 bits per heavy atom. The number of nitrogens with zero attached hydrogens (tertiary/aromatic N) is 2. The average molecular weight is 264 g/mol. The first-order chi connectivity index (χ1) is 9.13. The summed E-state index contributed by atoms with van der Waals surface area (Å²) in [6.45, 7) is 4.61. The minimum atomic E-state index is -0.104. The molecular weight excluding hydrogens is 240 g/mol. The largest absolute Gasteiger partial charge is 0.384 e. The van der Waals surface area contributed by atoms with Crippen LogP contribution in [0.2, 0.25) is 0 Å². The summed E-state index contributed by atoms with van der Waals surface area (Å²) in [7, 11) is 4.10. The zero-order valence-electron chi connectivity index (χ0n) is 12.1. The van der Waals surface area contributed by atoms with Gasteiger partial charge >= 0.3 is 0 Å². The second-order valence-corrected chi connectivity index (χ2v) is 4.73. The van der Waals surface area contributed by atoms with E-state index in [0.29, 0.717) is 12.2 Å². The molecule has 19 heavy (non-hydrogen) atoms. The lowest BCUT2D eigenvalue weighted by Gasteiger charge is -2.09. The third kappa shape index (κ3) is 6.20. The van der Waals surface area contributed by atoms with Crippen molar-refractivity contribution in [3.05, 3.63) is 24.0 Å². The molecule has 0 aliphatic carbocycles. The quantitative estimate of drug-likeness (QED) is 0.700. The van der Waals surface area contributed by atoms with Crippen LogP contribution < -0.4 is 10.6 Å². The summed E-state index contributed by atoms with van der Waals surface area (Å²) in [6.07, 6.45) is 3.75. The molecule has 1 aromatic heterocycles. The molecule has 2 N–H and O–H groups in total. The smallest absolute Gasteiger partial charge is 0.269 e. The first kappa shape index (κ1) is 15.4. The molecule has 1 amide bonds. The van der Waals surface area contributed by atoms with Crippen molar-refractivity contribution >= 4 is 11.6 Å². The van der Waals surface area contributed by atoms with E-state index < -0.39 is 0 Å². The molecule has 0 aromatic carbocycles. The molecule has 5 heteroatoms. The number of pyridine rings is 1. The number of hydrogen-bond donors (Lipinski definition) is 2. The van der Waals surface area contributed by atoms with E-state index in [1.165, 1.54) is 0 Å². The first-order valence-corrected chi connectivity index (χ1v) is 6.76. The van der Waals surface area contributed by atoms with Crippen molar-refractivity contribution in [2.75, 3.05) is 39.0 Å². The molecule has 0 radical (unpaired) electrons. The Morgan fingerprint density at radius 1 is 1.32 bits per heavy atom. The van der Waals surface area contributed by atoms with Gasteiger partial charge in [0.25, 0.3) is 5.91 Å². The molecule has 1 aromatic rings. The average Bonchev–Trinajstić information content (AvgIpc) is 2.39. The number of anilines is 1. The van der Waals surface area contributed by atoms with Crippen LogP contribution in [-0.2, 0) is 0 Å². The van der Waals surface area contributed by atoms with Gasteiger partial charge in [-0.3, -0.25) is 4.79 Å². The van der Waals surface area contributed by atoms with Gasteiger partial charge in [0.1, 0.15) is 5.69 Å². The van der Waals surface area contributed by atoms with E-state index in [9.17, 15) is 4.79 Å². The molecule has 0 saturated carbocycles. The Morgan fingerprint density at radius 2 is 2.11 bits per heavy atom. The highest BCUT2D eigenvalue weighted by Gasteiger charge is 2.05. The van der Waals surface area contributed by atoms with Crippen molar-refractivity contribution in [2.45, 2.75) is 19.8 Å². The van der Waals surface area contributed by atoms with Gasteiger partial charge < -0.3 is 15.5 Å². The minimum Gasteiger partial charge on any atom is -0.384 e. The number of amides is 1. The molecule has 106 valence electrons. The van der Waals surface area contributed by atoms with Crippen molar-refractivity contribution in [1.29, 1.82) is 0 Å². The van der Waals surface area contributed by atoms with Gasteiger partial charge in [-0.1, -0.05) is 0 Å². The predicted octanol–water partition coefficient (Wildman–Crippen LogP) is 1.58. The summed E-state index contributed by atoms with van der Waals surface area (Å²) in [6, 6.07) is 3.62. The molecular formula is C14H24N4O. The number of carbonyl (C=O) groups excluding carboxylic acids is 1. The van der Waals surface area contributed by atoms with Gasteiger partial charge in [-0.25, -0.2) is 4.98 Å². The van der Waals surface area contributed by atoms with Crippen LogP contribution in [0.1, 0.15) is 30.3 Å². The Kier molecular flexibility index (Phi) is 6.89. The van der Waals surface area contributed by atoms with Gasteiger partial charge in [0, 0.05) is 13.1 Å². The van der Waals surface area contributed by atoms with Crippen molar-refractivity contribution < 1.29 is 4.79 Å². The fourth-order valence-corrected chi connectivity index (χ4v) is 1.68. The molecule has 0 saturated heterocycles. The van der Waals surface area contributed by atoms with Gasteiger partial charge in [0.2, 0.25) is 0 Å². The van der Waals surface area contributed by atoms with E-state index in [-0.39, 0.29) is 5.91 Å². The number of aromatic nitrogens is 1. The zero-order valence-corrected chi connectivity index (χ0v) is 12.1. The summed E-state index contributed by atoms with van der Waals surface area (Å²) in [4.78, 5) is 18.1. The van der Waals surface area contributed by atoms with Gasteiger partial charge in [-0.2, -0.15) is 0 Å². The standard InChI is InChI=1S/C14H24N4O/c1-4-15-12-7-8-13(17-11-12)14(19)16-9-5-6-10-18(2)3/h7-8,11,15H,4-6,9-10H2,1-3H3,(H,16,19). The van der Waals surface area contributed by atoms with Crippen LogP contribution in [0.25, 0.3) is 0 Å². The van der Waals surface area contributed by atoms with Crippen LogP contribution in [0.3, 0.4) is 0 Å². The van der Waals surface area contributed by atoms with E-state index in [1.807, 2.05) is 27.1 Å². The molecule has 0 bridgehead atoms. The highest BCUT2D eigenvalue weighted by atomic mass is 16.1. The fourth-order valence-electron chi connectivity index (χ4n) is 1.68. The molecule has 5 nitrogen and oxygen atoms in total. The monoisotopic (exact) mass is 264 g/mol. The maximum atomic E-state index is 11.8. The highest BCUT2D eigenvalue weighted by molar-refractivity contribution is 5.92.